The molecule has 1 aliphatic rings. The predicted octanol–water partition coefficient (Wildman–Crippen LogP) is 3.33. The minimum absolute atomic E-state index is 0.0371. The Kier molecular flexibility index (Phi) is 3.02. The molecule has 1 atom stereocenters. The highest BCUT2D eigenvalue weighted by atomic mass is 35.5. The maximum atomic E-state index is 12.3. The van der Waals surface area contributed by atoms with E-state index in [2.05, 4.69) is 11.1 Å². The summed E-state index contributed by atoms with van der Waals surface area (Å²) >= 11 is 6.04. The molecule has 1 aromatic heterocycles. The Bertz CT molecular complexity index is 645. The zero-order chi connectivity index (χ0) is 13.6. The topological polar surface area (TPSA) is 36.1 Å². The zero-order valence-electron chi connectivity index (χ0n) is 11.2. The van der Waals surface area contributed by atoms with Crippen LogP contribution in [-0.2, 0) is 11.2 Å². The number of likely N-dealkylation sites (N-methyl/N-ethyl adjacent to an activating group) is 1. The van der Waals surface area contributed by atoms with Crippen molar-refractivity contribution < 1.29 is 4.79 Å². The normalized spacial score (nSPS) is 18.4. The Morgan fingerprint density at radius 2 is 2.21 bits per heavy atom. The third kappa shape index (κ3) is 2.02. The summed E-state index contributed by atoms with van der Waals surface area (Å²) in [6.07, 6.45) is 3.02. The van der Waals surface area contributed by atoms with Crippen LogP contribution >= 0.6 is 11.6 Å². The quantitative estimate of drug-likeness (QED) is 0.852. The molecule has 3 rings (SSSR count). The van der Waals surface area contributed by atoms with Crippen LogP contribution in [0.2, 0.25) is 5.02 Å². The fourth-order valence-electron chi connectivity index (χ4n) is 3.00. The Balaban J connectivity index is 2.14. The molecular weight excluding hydrogens is 260 g/mol. The second-order valence-corrected chi connectivity index (χ2v) is 5.82. The zero-order valence-corrected chi connectivity index (χ0v) is 11.9. The van der Waals surface area contributed by atoms with E-state index >= 15 is 0 Å². The number of aromatic nitrogens is 1. The number of nitrogens with zero attached hydrogens (tertiary/aromatic N) is 1. The van der Waals surface area contributed by atoms with Crippen LogP contribution in [0.1, 0.15) is 30.0 Å². The number of nitrogens with one attached hydrogen (secondary N) is 1. The van der Waals surface area contributed by atoms with Crippen molar-refractivity contribution in [3.8, 4) is 0 Å². The van der Waals surface area contributed by atoms with Crippen LogP contribution in [0.5, 0.6) is 0 Å². The molecule has 1 aliphatic carbocycles. The average molecular weight is 277 g/mol. The highest BCUT2D eigenvalue weighted by molar-refractivity contribution is 6.31. The van der Waals surface area contributed by atoms with E-state index in [1.807, 2.05) is 26.2 Å². The largest absolute Gasteiger partial charge is 0.357 e. The van der Waals surface area contributed by atoms with Crippen LogP contribution in [0.3, 0.4) is 0 Å². The molecular formula is C15H17ClN2O. The van der Waals surface area contributed by atoms with Crippen molar-refractivity contribution in [3.05, 3.63) is 34.5 Å². The molecule has 1 amide bonds. The molecule has 4 heteroatoms. The van der Waals surface area contributed by atoms with Crippen molar-refractivity contribution >= 4 is 28.4 Å². The number of carbonyl (C=O) groups excluding carboxylic acids is 1. The monoisotopic (exact) mass is 276 g/mol. The molecule has 0 fully saturated rings. The molecule has 0 radical (unpaired) electrons. The van der Waals surface area contributed by atoms with Gasteiger partial charge in [-0.1, -0.05) is 17.7 Å². The van der Waals surface area contributed by atoms with E-state index in [1.54, 1.807) is 4.90 Å². The molecule has 1 unspecified atom stereocenters. The number of amides is 1. The van der Waals surface area contributed by atoms with Gasteiger partial charge in [0, 0.05) is 35.7 Å². The Hall–Kier alpha value is -1.48. The first-order valence-electron chi connectivity index (χ1n) is 6.59. The van der Waals surface area contributed by atoms with Gasteiger partial charge in [-0.25, -0.2) is 0 Å². The first-order chi connectivity index (χ1) is 9.08. The number of H-pyrrole nitrogens is 1. The molecule has 1 heterocycles. The highest BCUT2D eigenvalue weighted by Gasteiger charge is 2.30. The van der Waals surface area contributed by atoms with Crippen molar-refractivity contribution in [1.82, 2.24) is 9.88 Å². The summed E-state index contributed by atoms with van der Waals surface area (Å²) in [5, 5.41) is 1.93. The number of hydrogen-bond acceptors (Lipinski definition) is 1. The van der Waals surface area contributed by atoms with Gasteiger partial charge in [-0.15, -0.1) is 0 Å². The number of fused-ring (bicyclic) bond motifs is 3. The van der Waals surface area contributed by atoms with Crippen LogP contribution < -0.4 is 0 Å². The molecule has 0 saturated carbocycles. The summed E-state index contributed by atoms with van der Waals surface area (Å²) < 4.78 is 0. The molecule has 3 nitrogen and oxygen atoms in total. The molecule has 0 bridgehead atoms. The Morgan fingerprint density at radius 3 is 2.95 bits per heavy atom. The smallest absolute Gasteiger partial charge is 0.231 e. The molecule has 0 saturated heterocycles. The maximum Gasteiger partial charge on any atom is 0.231 e. The summed E-state index contributed by atoms with van der Waals surface area (Å²) in [7, 11) is 3.63. The van der Waals surface area contributed by atoms with E-state index in [4.69, 9.17) is 11.6 Å². The van der Waals surface area contributed by atoms with E-state index in [0.29, 0.717) is 0 Å². The molecule has 1 aromatic carbocycles. The number of hydrogen-bond donors (Lipinski definition) is 1. The lowest BCUT2D eigenvalue weighted by Gasteiger charge is -2.24. The molecule has 100 valence electrons. The molecule has 0 aliphatic heterocycles. The van der Waals surface area contributed by atoms with Crippen molar-refractivity contribution in [2.24, 2.45) is 0 Å². The number of benzene rings is 1. The molecule has 2 aromatic rings. The van der Waals surface area contributed by atoms with E-state index in [0.717, 1.165) is 35.5 Å². The van der Waals surface area contributed by atoms with E-state index < -0.39 is 0 Å². The second-order valence-electron chi connectivity index (χ2n) is 5.38. The number of aryl methyl sites for hydroxylation is 1. The SMILES string of the molecule is CN(C)C(=O)C1CCCc2c1[nH]c1cc(Cl)ccc21. The standard InChI is InChI=1S/C15H17ClN2O/c1-18(2)15(19)12-5-3-4-11-10-7-6-9(16)8-13(10)17-14(11)12/h6-8,12,17H,3-5H2,1-2H3. The van der Waals surface area contributed by atoms with Crippen LogP contribution in [0, 0.1) is 0 Å². The van der Waals surface area contributed by atoms with Gasteiger partial charge in [0.2, 0.25) is 5.91 Å². The van der Waals surface area contributed by atoms with Gasteiger partial charge >= 0.3 is 0 Å². The van der Waals surface area contributed by atoms with Gasteiger partial charge in [0.1, 0.15) is 0 Å². The first-order valence-corrected chi connectivity index (χ1v) is 6.97. The fourth-order valence-corrected chi connectivity index (χ4v) is 3.17. The predicted molar refractivity (Wildman–Crippen MR) is 77.7 cm³/mol. The first kappa shape index (κ1) is 12.5. The molecule has 0 spiro atoms. The number of rotatable bonds is 1. The summed E-state index contributed by atoms with van der Waals surface area (Å²) in [4.78, 5) is 17.4. The van der Waals surface area contributed by atoms with Crippen molar-refractivity contribution in [2.75, 3.05) is 14.1 Å². The summed E-state index contributed by atoms with van der Waals surface area (Å²) in [5.41, 5.74) is 3.41. The fraction of sp³-hybridized carbons (Fsp3) is 0.400. The number of aromatic amines is 1. The van der Waals surface area contributed by atoms with E-state index in [-0.39, 0.29) is 11.8 Å². The number of carbonyl (C=O) groups is 1. The lowest BCUT2D eigenvalue weighted by Crippen LogP contribution is -2.30. The third-order valence-electron chi connectivity index (χ3n) is 3.91. The Labute approximate surface area is 117 Å². The van der Waals surface area contributed by atoms with E-state index in [9.17, 15) is 4.79 Å². The lowest BCUT2D eigenvalue weighted by atomic mass is 9.86. The molecule has 19 heavy (non-hydrogen) atoms. The van der Waals surface area contributed by atoms with Crippen molar-refractivity contribution in [2.45, 2.75) is 25.2 Å². The van der Waals surface area contributed by atoms with Gasteiger partial charge in [0.15, 0.2) is 0 Å². The highest BCUT2D eigenvalue weighted by Crippen LogP contribution is 2.37. The van der Waals surface area contributed by atoms with Gasteiger partial charge in [0.05, 0.1) is 5.92 Å². The summed E-state index contributed by atoms with van der Waals surface area (Å²) in [5.74, 6) is 0.142. The van der Waals surface area contributed by atoms with Crippen molar-refractivity contribution in [3.63, 3.8) is 0 Å². The average Bonchev–Trinajstić information content (AvgIpc) is 2.74. The third-order valence-corrected chi connectivity index (χ3v) is 4.14. The summed E-state index contributed by atoms with van der Waals surface area (Å²) in [6, 6.07) is 5.90. The van der Waals surface area contributed by atoms with Crippen LogP contribution in [-0.4, -0.2) is 29.9 Å². The van der Waals surface area contributed by atoms with Gasteiger partial charge in [-0.3, -0.25) is 4.79 Å². The number of halogens is 1. The lowest BCUT2D eigenvalue weighted by molar-refractivity contribution is -0.130. The minimum atomic E-state index is -0.0371. The van der Waals surface area contributed by atoms with E-state index in [1.165, 1.54) is 10.9 Å². The van der Waals surface area contributed by atoms with Crippen LogP contribution in [0.4, 0.5) is 0 Å². The Morgan fingerprint density at radius 1 is 1.42 bits per heavy atom. The van der Waals surface area contributed by atoms with Gasteiger partial charge in [0.25, 0.3) is 0 Å². The van der Waals surface area contributed by atoms with Gasteiger partial charge in [-0.2, -0.15) is 0 Å². The van der Waals surface area contributed by atoms with Crippen LogP contribution in [0.25, 0.3) is 10.9 Å². The minimum Gasteiger partial charge on any atom is -0.357 e. The van der Waals surface area contributed by atoms with Crippen LogP contribution in [0.15, 0.2) is 18.2 Å². The second kappa shape index (κ2) is 4.57. The van der Waals surface area contributed by atoms with Gasteiger partial charge < -0.3 is 9.88 Å². The molecule has 1 N–H and O–H groups in total. The maximum absolute atomic E-state index is 12.3. The van der Waals surface area contributed by atoms with Gasteiger partial charge in [-0.05, 0) is 37.0 Å². The van der Waals surface area contributed by atoms with Crippen molar-refractivity contribution in [1.29, 1.82) is 0 Å². The summed E-state index contributed by atoms with van der Waals surface area (Å²) in [6.45, 7) is 0.